The molecule has 1 amide bonds. The molecule has 2 N–H and O–H groups in total. The number of likely N-dealkylation sites (N-methyl/N-ethyl adjacent to an activating group) is 1. The van der Waals surface area contributed by atoms with Crippen molar-refractivity contribution in [1.29, 1.82) is 0 Å². The number of hydrogen-bond donors (Lipinski definition) is 2. The molecule has 3 atom stereocenters. The summed E-state index contributed by atoms with van der Waals surface area (Å²) in [5.41, 5.74) is 0. The van der Waals surface area contributed by atoms with Gasteiger partial charge in [-0.25, -0.2) is 0 Å². The van der Waals surface area contributed by atoms with Gasteiger partial charge < -0.3 is 15.5 Å². The second kappa shape index (κ2) is 7.74. The molecule has 0 aromatic rings. The van der Waals surface area contributed by atoms with E-state index in [9.17, 15) is 4.79 Å². The molecular weight excluding hydrogens is 226 g/mol. The molecule has 1 aliphatic heterocycles. The normalized spacial score (nSPS) is 26.1. The smallest absolute Gasteiger partial charge is 0.237 e. The Morgan fingerprint density at radius 1 is 1.50 bits per heavy atom. The Labute approximate surface area is 111 Å². The van der Waals surface area contributed by atoms with Crippen LogP contribution in [0.2, 0.25) is 0 Å². The Morgan fingerprint density at radius 3 is 2.83 bits per heavy atom. The Balaban J connectivity index is 2.20. The molecule has 1 fully saturated rings. The van der Waals surface area contributed by atoms with E-state index < -0.39 is 0 Å². The Hall–Kier alpha value is -0.610. The lowest BCUT2D eigenvalue weighted by molar-refractivity contribution is -0.124. The first-order valence-electron chi connectivity index (χ1n) is 7.28. The van der Waals surface area contributed by atoms with Crippen molar-refractivity contribution < 1.29 is 4.79 Å². The molecule has 4 nitrogen and oxygen atoms in total. The first-order valence-corrected chi connectivity index (χ1v) is 7.28. The van der Waals surface area contributed by atoms with Gasteiger partial charge in [-0.05, 0) is 46.6 Å². The maximum Gasteiger partial charge on any atom is 0.237 e. The first kappa shape index (κ1) is 15.4. The highest BCUT2D eigenvalue weighted by molar-refractivity contribution is 5.81. The third-order valence-corrected chi connectivity index (χ3v) is 4.04. The molecule has 0 saturated carbocycles. The van der Waals surface area contributed by atoms with Crippen LogP contribution < -0.4 is 10.6 Å². The Kier molecular flexibility index (Phi) is 6.65. The highest BCUT2D eigenvalue weighted by atomic mass is 16.2. The maximum absolute atomic E-state index is 12.0. The summed E-state index contributed by atoms with van der Waals surface area (Å²) in [6.45, 7) is 8.21. The number of piperidine rings is 1. The number of rotatable bonds is 6. The topological polar surface area (TPSA) is 44.4 Å². The van der Waals surface area contributed by atoms with Crippen molar-refractivity contribution in [3.8, 4) is 0 Å². The van der Waals surface area contributed by atoms with E-state index in [4.69, 9.17) is 0 Å². The van der Waals surface area contributed by atoms with Gasteiger partial charge in [0, 0.05) is 25.2 Å². The van der Waals surface area contributed by atoms with Gasteiger partial charge in [-0.1, -0.05) is 6.92 Å². The monoisotopic (exact) mass is 255 g/mol. The summed E-state index contributed by atoms with van der Waals surface area (Å²) in [6.07, 6.45) is 4.45. The van der Waals surface area contributed by atoms with E-state index in [0.717, 1.165) is 32.4 Å². The molecule has 1 rings (SSSR count). The zero-order valence-electron chi connectivity index (χ0n) is 12.3. The molecular formula is C14H29N3O. The van der Waals surface area contributed by atoms with Crippen LogP contribution in [0.1, 0.15) is 46.5 Å². The summed E-state index contributed by atoms with van der Waals surface area (Å²) in [4.78, 5) is 14.3. The number of carbonyl (C=O) groups excluding carboxylic acids is 1. The molecule has 0 aliphatic carbocycles. The molecule has 0 spiro atoms. The average Bonchev–Trinajstić information content (AvgIpc) is 2.37. The molecule has 0 bridgehead atoms. The molecule has 0 radical (unpaired) electrons. The summed E-state index contributed by atoms with van der Waals surface area (Å²) < 4.78 is 0. The van der Waals surface area contributed by atoms with Crippen LogP contribution in [-0.4, -0.2) is 49.1 Å². The lowest BCUT2D eigenvalue weighted by atomic mass is 9.99. The van der Waals surface area contributed by atoms with E-state index in [1.165, 1.54) is 6.42 Å². The summed E-state index contributed by atoms with van der Waals surface area (Å²) in [5, 5.41) is 6.40. The van der Waals surface area contributed by atoms with Crippen molar-refractivity contribution in [3.63, 3.8) is 0 Å². The van der Waals surface area contributed by atoms with E-state index in [0.29, 0.717) is 12.1 Å². The molecule has 4 heteroatoms. The van der Waals surface area contributed by atoms with Gasteiger partial charge >= 0.3 is 0 Å². The second-order valence-electron chi connectivity index (χ2n) is 5.58. The van der Waals surface area contributed by atoms with Gasteiger partial charge in [0.25, 0.3) is 0 Å². The van der Waals surface area contributed by atoms with Crippen molar-refractivity contribution in [1.82, 2.24) is 15.5 Å². The van der Waals surface area contributed by atoms with Gasteiger partial charge in [-0.3, -0.25) is 4.79 Å². The fraction of sp³-hybridized carbons (Fsp3) is 0.929. The van der Waals surface area contributed by atoms with Gasteiger partial charge in [-0.2, -0.15) is 0 Å². The Bertz CT molecular complexity index is 257. The number of nitrogens with one attached hydrogen (secondary N) is 2. The standard InChI is InChI=1S/C14H29N3O/c1-5-12(3)17(4)10-9-15-14(18)13-8-6-7-11(2)16-13/h11-13,16H,5-10H2,1-4H3,(H,15,18). The summed E-state index contributed by atoms with van der Waals surface area (Å²) in [5.74, 6) is 0.166. The third kappa shape index (κ3) is 4.94. The number of carbonyl (C=O) groups is 1. The second-order valence-corrected chi connectivity index (χ2v) is 5.58. The van der Waals surface area contributed by atoms with Gasteiger partial charge in [0.2, 0.25) is 5.91 Å². The number of amides is 1. The van der Waals surface area contributed by atoms with Crippen molar-refractivity contribution in [2.24, 2.45) is 0 Å². The van der Waals surface area contributed by atoms with Crippen molar-refractivity contribution >= 4 is 5.91 Å². The highest BCUT2D eigenvalue weighted by Crippen LogP contribution is 2.12. The van der Waals surface area contributed by atoms with E-state index >= 15 is 0 Å². The van der Waals surface area contributed by atoms with Crippen LogP contribution in [0.15, 0.2) is 0 Å². The van der Waals surface area contributed by atoms with Gasteiger partial charge in [0.1, 0.15) is 0 Å². The van der Waals surface area contributed by atoms with Gasteiger partial charge in [-0.15, -0.1) is 0 Å². The molecule has 0 aromatic heterocycles. The van der Waals surface area contributed by atoms with Crippen LogP contribution in [0.3, 0.4) is 0 Å². The highest BCUT2D eigenvalue weighted by Gasteiger charge is 2.23. The summed E-state index contributed by atoms with van der Waals surface area (Å²) in [6, 6.07) is 1.06. The van der Waals surface area contributed by atoms with E-state index in [-0.39, 0.29) is 11.9 Å². The van der Waals surface area contributed by atoms with Crippen molar-refractivity contribution in [2.45, 2.75) is 64.6 Å². The minimum Gasteiger partial charge on any atom is -0.353 e. The van der Waals surface area contributed by atoms with Crippen LogP contribution in [0, 0.1) is 0 Å². The van der Waals surface area contributed by atoms with Crippen LogP contribution in [0.4, 0.5) is 0 Å². The molecule has 1 saturated heterocycles. The summed E-state index contributed by atoms with van der Waals surface area (Å²) in [7, 11) is 2.11. The van der Waals surface area contributed by atoms with Crippen molar-refractivity contribution in [3.05, 3.63) is 0 Å². The summed E-state index contributed by atoms with van der Waals surface area (Å²) >= 11 is 0. The zero-order chi connectivity index (χ0) is 13.5. The minimum atomic E-state index is 0.0163. The zero-order valence-corrected chi connectivity index (χ0v) is 12.3. The molecule has 0 aromatic carbocycles. The quantitative estimate of drug-likeness (QED) is 0.753. The number of hydrogen-bond acceptors (Lipinski definition) is 3. The Morgan fingerprint density at radius 2 is 2.22 bits per heavy atom. The molecule has 1 heterocycles. The molecule has 106 valence electrons. The van der Waals surface area contributed by atoms with Crippen LogP contribution >= 0.6 is 0 Å². The maximum atomic E-state index is 12.0. The lowest BCUT2D eigenvalue weighted by Crippen LogP contribution is -2.51. The lowest BCUT2D eigenvalue weighted by Gasteiger charge is -2.28. The van der Waals surface area contributed by atoms with Crippen LogP contribution in [0.25, 0.3) is 0 Å². The largest absolute Gasteiger partial charge is 0.353 e. The van der Waals surface area contributed by atoms with E-state index in [1.54, 1.807) is 0 Å². The minimum absolute atomic E-state index is 0.0163. The molecule has 3 unspecified atom stereocenters. The predicted octanol–water partition coefficient (Wildman–Crippen LogP) is 1.36. The third-order valence-electron chi connectivity index (χ3n) is 4.04. The van der Waals surface area contributed by atoms with Gasteiger partial charge in [0.15, 0.2) is 0 Å². The van der Waals surface area contributed by atoms with Crippen LogP contribution in [0.5, 0.6) is 0 Å². The number of nitrogens with zero attached hydrogens (tertiary/aromatic N) is 1. The van der Waals surface area contributed by atoms with Crippen molar-refractivity contribution in [2.75, 3.05) is 20.1 Å². The SMILES string of the molecule is CCC(C)N(C)CCNC(=O)C1CCCC(C)N1. The fourth-order valence-electron chi connectivity index (χ4n) is 2.36. The van der Waals surface area contributed by atoms with Crippen LogP contribution in [-0.2, 0) is 4.79 Å². The predicted molar refractivity (Wildman–Crippen MR) is 75.6 cm³/mol. The molecule has 1 aliphatic rings. The fourth-order valence-corrected chi connectivity index (χ4v) is 2.36. The van der Waals surface area contributed by atoms with E-state index in [2.05, 4.69) is 43.4 Å². The average molecular weight is 255 g/mol. The van der Waals surface area contributed by atoms with Gasteiger partial charge in [0.05, 0.1) is 6.04 Å². The molecule has 18 heavy (non-hydrogen) atoms. The van der Waals surface area contributed by atoms with E-state index in [1.807, 2.05) is 0 Å². The first-order chi connectivity index (χ1) is 8.54.